The normalized spacial score (nSPS) is 15.4. The van der Waals surface area contributed by atoms with E-state index in [0.29, 0.717) is 0 Å². The van der Waals surface area contributed by atoms with Crippen molar-refractivity contribution in [3.05, 3.63) is 89.7 Å². The lowest BCUT2D eigenvalue weighted by molar-refractivity contribution is 0.160. The third-order valence-electron chi connectivity index (χ3n) is 6.06. The molecule has 0 amide bonds. The summed E-state index contributed by atoms with van der Waals surface area (Å²) in [4.78, 5) is 4.80. The lowest BCUT2D eigenvalue weighted by atomic mass is 10.1. The van der Waals surface area contributed by atoms with E-state index in [1.807, 2.05) is 36.4 Å². The predicted molar refractivity (Wildman–Crippen MR) is 127 cm³/mol. The first-order valence-electron chi connectivity index (χ1n) is 11.2. The van der Waals surface area contributed by atoms with Gasteiger partial charge in [0.2, 0.25) is 0 Å². The van der Waals surface area contributed by atoms with Gasteiger partial charge in [-0.25, -0.2) is 4.39 Å². The summed E-state index contributed by atoms with van der Waals surface area (Å²) in [5, 5.41) is 0. The number of nitrogens with zero attached hydrogens (tertiary/aromatic N) is 2. The van der Waals surface area contributed by atoms with E-state index in [1.54, 1.807) is 7.11 Å². The molecule has 1 atom stereocenters. The molecule has 32 heavy (non-hydrogen) atoms. The number of halogens is 1. The Hall–Kier alpha value is -3.05. The molecule has 0 saturated carbocycles. The van der Waals surface area contributed by atoms with Crippen LogP contribution in [-0.2, 0) is 0 Å². The molecule has 0 bridgehead atoms. The van der Waals surface area contributed by atoms with Crippen LogP contribution in [0.5, 0.6) is 11.5 Å². The maximum Gasteiger partial charge on any atom is 0.125 e. The van der Waals surface area contributed by atoms with Crippen molar-refractivity contribution in [3.63, 3.8) is 0 Å². The smallest absolute Gasteiger partial charge is 0.125 e. The molecule has 1 aliphatic heterocycles. The monoisotopic (exact) mass is 434 g/mol. The second kappa shape index (κ2) is 10.5. The van der Waals surface area contributed by atoms with Gasteiger partial charge in [0, 0.05) is 44.8 Å². The molecule has 1 aliphatic rings. The summed E-state index contributed by atoms with van der Waals surface area (Å²) in [6.45, 7) is 6.89. The first-order chi connectivity index (χ1) is 15.6. The molecule has 0 N–H and O–H groups in total. The van der Waals surface area contributed by atoms with Gasteiger partial charge in [-0.1, -0.05) is 29.8 Å². The Morgan fingerprint density at radius 1 is 0.812 bits per heavy atom. The van der Waals surface area contributed by atoms with Crippen molar-refractivity contribution in [2.45, 2.75) is 19.4 Å². The standard InChI is InChI=1S/C27H31FN2O2/c1-21-3-11-26(12-4-21)32-27(22-5-13-25(31-2)14-6-22)15-16-29-17-19-30(20-18-29)24-9-7-23(28)8-10-24/h3-14,27H,15-20H2,1-2H3. The number of hydrogen-bond donors (Lipinski definition) is 0. The number of benzene rings is 3. The maximum atomic E-state index is 13.2. The van der Waals surface area contributed by atoms with Crippen molar-refractivity contribution in [2.75, 3.05) is 44.7 Å². The van der Waals surface area contributed by atoms with Gasteiger partial charge in [-0.2, -0.15) is 0 Å². The van der Waals surface area contributed by atoms with Crippen LogP contribution in [0.2, 0.25) is 0 Å². The highest BCUT2D eigenvalue weighted by molar-refractivity contribution is 5.46. The van der Waals surface area contributed by atoms with E-state index < -0.39 is 0 Å². The first-order valence-corrected chi connectivity index (χ1v) is 11.2. The maximum absolute atomic E-state index is 13.2. The summed E-state index contributed by atoms with van der Waals surface area (Å²) in [5.41, 5.74) is 3.46. The fraction of sp³-hybridized carbons (Fsp3) is 0.333. The zero-order valence-corrected chi connectivity index (χ0v) is 18.8. The second-order valence-corrected chi connectivity index (χ2v) is 8.29. The van der Waals surface area contributed by atoms with Crippen LogP contribution in [0, 0.1) is 12.7 Å². The fourth-order valence-corrected chi connectivity index (χ4v) is 4.07. The molecule has 4 nitrogen and oxygen atoms in total. The number of anilines is 1. The molecule has 1 unspecified atom stereocenters. The number of piperazine rings is 1. The van der Waals surface area contributed by atoms with Crippen molar-refractivity contribution in [1.82, 2.24) is 4.90 Å². The number of hydrogen-bond acceptors (Lipinski definition) is 4. The van der Waals surface area contributed by atoms with Gasteiger partial charge in [0.05, 0.1) is 7.11 Å². The average Bonchev–Trinajstić information content (AvgIpc) is 2.84. The van der Waals surface area contributed by atoms with E-state index in [1.165, 1.54) is 17.7 Å². The molecular formula is C27H31FN2O2. The van der Waals surface area contributed by atoms with Gasteiger partial charge in [0.15, 0.2) is 0 Å². The Bertz CT molecular complexity index is 966. The first kappa shape index (κ1) is 22.2. The van der Waals surface area contributed by atoms with Gasteiger partial charge in [-0.05, 0) is 61.0 Å². The molecule has 3 aromatic rings. The molecule has 0 radical (unpaired) electrons. The summed E-state index contributed by atoms with van der Waals surface area (Å²) in [5.74, 6) is 1.54. The van der Waals surface area contributed by atoms with Crippen LogP contribution >= 0.6 is 0 Å². The molecule has 1 fully saturated rings. The average molecular weight is 435 g/mol. The summed E-state index contributed by atoms with van der Waals surface area (Å²) < 4.78 is 24.9. The summed E-state index contributed by atoms with van der Waals surface area (Å²) in [7, 11) is 1.68. The van der Waals surface area contributed by atoms with Crippen molar-refractivity contribution >= 4 is 5.69 Å². The van der Waals surface area contributed by atoms with Gasteiger partial charge in [-0.3, -0.25) is 4.90 Å². The minimum atomic E-state index is -0.189. The highest BCUT2D eigenvalue weighted by Crippen LogP contribution is 2.27. The number of ether oxygens (including phenoxy) is 2. The minimum Gasteiger partial charge on any atom is -0.497 e. The predicted octanol–water partition coefficient (Wildman–Crippen LogP) is 5.48. The van der Waals surface area contributed by atoms with Gasteiger partial charge >= 0.3 is 0 Å². The highest BCUT2D eigenvalue weighted by atomic mass is 19.1. The quantitative estimate of drug-likeness (QED) is 0.469. The summed E-state index contributed by atoms with van der Waals surface area (Å²) in [6.07, 6.45) is 0.871. The van der Waals surface area contributed by atoms with Gasteiger partial charge in [0.1, 0.15) is 23.4 Å². The van der Waals surface area contributed by atoms with Crippen LogP contribution in [0.4, 0.5) is 10.1 Å². The molecule has 168 valence electrons. The third-order valence-corrected chi connectivity index (χ3v) is 6.06. The van der Waals surface area contributed by atoms with Gasteiger partial charge in [-0.15, -0.1) is 0 Å². The lowest BCUT2D eigenvalue weighted by Crippen LogP contribution is -2.46. The Labute approximate surface area is 190 Å². The van der Waals surface area contributed by atoms with E-state index >= 15 is 0 Å². The lowest BCUT2D eigenvalue weighted by Gasteiger charge is -2.36. The highest BCUT2D eigenvalue weighted by Gasteiger charge is 2.20. The van der Waals surface area contributed by atoms with Crippen molar-refractivity contribution < 1.29 is 13.9 Å². The molecule has 5 heteroatoms. The molecule has 1 saturated heterocycles. The van der Waals surface area contributed by atoms with E-state index in [2.05, 4.69) is 41.0 Å². The SMILES string of the molecule is COc1ccc(C(CCN2CCN(c3ccc(F)cc3)CC2)Oc2ccc(C)cc2)cc1. The Morgan fingerprint density at radius 2 is 1.44 bits per heavy atom. The van der Waals surface area contributed by atoms with E-state index in [4.69, 9.17) is 9.47 Å². The Balaban J connectivity index is 1.37. The number of rotatable bonds is 8. The van der Waals surface area contributed by atoms with Crippen LogP contribution in [0.15, 0.2) is 72.8 Å². The number of methoxy groups -OCH3 is 1. The van der Waals surface area contributed by atoms with Crippen LogP contribution in [0.3, 0.4) is 0 Å². The molecule has 4 rings (SSSR count). The third kappa shape index (κ3) is 5.80. The molecular weight excluding hydrogens is 403 g/mol. The van der Waals surface area contributed by atoms with Crippen LogP contribution in [0.25, 0.3) is 0 Å². The Kier molecular flexibility index (Phi) is 7.28. The Morgan fingerprint density at radius 3 is 2.06 bits per heavy atom. The molecule has 0 aliphatic carbocycles. The zero-order valence-electron chi connectivity index (χ0n) is 18.8. The van der Waals surface area contributed by atoms with Crippen LogP contribution in [-0.4, -0.2) is 44.7 Å². The summed E-state index contributed by atoms with van der Waals surface area (Å²) in [6, 6.07) is 23.2. The minimum absolute atomic E-state index is 0.0289. The molecule has 0 spiro atoms. The van der Waals surface area contributed by atoms with E-state index in [9.17, 15) is 4.39 Å². The van der Waals surface area contributed by atoms with E-state index in [-0.39, 0.29) is 11.9 Å². The van der Waals surface area contributed by atoms with Crippen molar-refractivity contribution in [1.29, 1.82) is 0 Å². The van der Waals surface area contributed by atoms with Crippen molar-refractivity contribution in [3.8, 4) is 11.5 Å². The van der Waals surface area contributed by atoms with E-state index in [0.717, 1.165) is 61.9 Å². The topological polar surface area (TPSA) is 24.9 Å². The fourth-order valence-electron chi connectivity index (χ4n) is 4.07. The zero-order chi connectivity index (χ0) is 22.3. The largest absolute Gasteiger partial charge is 0.497 e. The van der Waals surface area contributed by atoms with Crippen LogP contribution < -0.4 is 14.4 Å². The van der Waals surface area contributed by atoms with Gasteiger partial charge < -0.3 is 14.4 Å². The molecule has 3 aromatic carbocycles. The van der Waals surface area contributed by atoms with Crippen LogP contribution in [0.1, 0.15) is 23.7 Å². The summed E-state index contributed by atoms with van der Waals surface area (Å²) >= 11 is 0. The second-order valence-electron chi connectivity index (χ2n) is 8.29. The van der Waals surface area contributed by atoms with Crippen molar-refractivity contribution in [2.24, 2.45) is 0 Å². The molecule has 1 heterocycles. The molecule has 0 aromatic heterocycles. The van der Waals surface area contributed by atoms with Gasteiger partial charge in [0.25, 0.3) is 0 Å². The number of aryl methyl sites for hydroxylation is 1.